The second kappa shape index (κ2) is 8.82. The predicted molar refractivity (Wildman–Crippen MR) is 120 cm³/mol. The molecule has 3 heterocycles. The lowest BCUT2D eigenvalue weighted by Gasteiger charge is -2.39. The SMILES string of the molecule is Cn1nc(-c2ccc(OCC3(CO)CCC3)nc2)nc1Nc1ccc(-c2cn[nH]c2F)c(F)c1. The summed E-state index contributed by atoms with van der Waals surface area (Å²) in [7, 11) is 1.71. The molecule has 0 saturated heterocycles. The first-order chi connectivity index (χ1) is 16.5. The first kappa shape index (κ1) is 22.0. The number of aryl methyl sites for hydroxylation is 1. The van der Waals surface area contributed by atoms with Crippen molar-refractivity contribution >= 4 is 11.6 Å². The predicted octanol–water partition coefficient (Wildman–Crippen LogP) is 3.83. The van der Waals surface area contributed by atoms with E-state index in [4.69, 9.17) is 4.74 Å². The van der Waals surface area contributed by atoms with Gasteiger partial charge in [-0.15, -0.1) is 5.10 Å². The zero-order chi connectivity index (χ0) is 23.7. The highest BCUT2D eigenvalue weighted by atomic mass is 19.1. The maximum Gasteiger partial charge on any atom is 0.225 e. The van der Waals surface area contributed by atoms with Crippen LogP contribution in [0.3, 0.4) is 0 Å². The number of rotatable bonds is 8. The van der Waals surface area contributed by atoms with E-state index in [9.17, 15) is 13.9 Å². The smallest absolute Gasteiger partial charge is 0.225 e. The zero-order valence-electron chi connectivity index (χ0n) is 18.4. The molecule has 34 heavy (non-hydrogen) atoms. The van der Waals surface area contributed by atoms with Crippen LogP contribution < -0.4 is 10.1 Å². The van der Waals surface area contributed by atoms with Gasteiger partial charge in [-0.05, 0) is 37.1 Å². The molecule has 3 aromatic heterocycles. The third kappa shape index (κ3) is 4.21. The zero-order valence-corrected chi connectivity index (χ0v) is 18.4. The van der Waals surface area contributed by atoms with Gasteiger partial charge in [0.25, 0.3) is 0 Å². The molecule has 11 heteroatoms. The number of anilines is 2. The van der Waals surface area contributed by atoms with Crippen molar-refractivity contribution < 1.29 is 18.6 Å². The maximum absolute atomic E-state index is 14.6. The number of aromatic amines is 1. The molecular formula is C23H23F2N7O2. The van der Waals surface area contributed by atoms with Crippen molar-refractivity contribution in [3.8, 4) is 28.4 Å². The summed E-state index contributed by atoms with van der Waals surface area (Å²) in [5.41, 5.74) is 1.14. The molecule has 0 unspecified atom stereocenters. The summed E-state index contributed by atoms with van der Waals surface area (Å²) in [6, 6.07) is 7.89. The fourth-order valence-electron chi connectivity index (χ4n) is 3.86. The number of pyridine rings is 1. The molecule has 176 valence electrons. The van der Waals surface area contributed by atoms with Gasteiger partial charge in [-0.1, -0.05) is 6.42 Å². The minimum atomic E-state index is -0.696. The Morgan fingerprint density at radius 3 is 2.65 bits per heavy atom. The molecule has 1 aromatic carbocycles. The summed E-state index contributed by atoms with van der Waals surface area (Å²) in [4.78, 5) is 8.80. The number of benzene rings is 1. The number of aliphatic hydroxyl groups is 1. The van der Waals surface area contributed by atoms with Crippen LogP contribution in [0, 0.1) is 17.2 Å². The molecule has 9 nitrogen and oxygen atoms in total. The Hall–Kier alpha value is -3.86. The van der Waals surface area contributed by atoms with E-state index >= 15 is 0 Å². The van der Waals surface area contributed by atoms with Crippen molar-refractivity contribution in [3.05, 3.63) is 54.5 Å². The minimum absolute atomic E-state index is 0.0594. The summed E-state index contributed by atoms with van der Waals surface area (Å²) in [5, 5.41) is 22.7. The number of nitrogens with zero attached hydrogens (tertiary/aromatic N) is 5. The lowest BCUT2D eigenvalue weighted by Crippen LogP contribution is -2.39. The van der Waals surface area contributed by atoms with Crippen LogP contribution in [0.1, 0.15) is 19.3 Å². The van der Waals surface area contributed by atoms with Crippen molar-refractivity contribution in [2.75, 3.05) is 18.5 Å². The van der Waals surface area contributed by atoms with E-state index in [0.717, 1.165) is 19.3 Å². The van der Waals surface area contributed by atoms with Crippen LogP contribution in [-0.4, -0.2) is 48.3 Å². The maximum atomic E-state index is 14.6. The molecule has 0 amide bonds. The third-order valence-corrected chi connectivity index (χ3v) is 6.14. The quantitative estimate of drug-likeness (QED) is 0.361. The Morgan fingerprint density at radius 2 is 2.03 bits per heavy atom. The molecule has 0 radical (unpaired) electrons. The second-order valence-electron chi connectivity index (χ2n) is 8.49. The highest BCUT2D eigenvalue weighted by molar-refractivity contribution is 5.68. The molecule has 1 fully saturated rings. The number of hydrogen-bond acceptors (Lipinski definition) is 7. The monoisotopic (exact) mass is 467 g/mol. The summed E-state index contributed by atoms with van der Waals surface area (Å²) >= 11 is 0. The number of ether oxygens (including phenoxy) is 1. The minimum Gasteiger partial charge on any atom is -0.477 e. The second-order valence-corrected chi connectivity index (χ2v) is 8.49. The molecule has 0 atom stereocenters. The molecule has 4 aromatic rings. The van der Waals surface area contributed by atoms with Gasteiger partial charge in [-0.25, -0.2) is 14.1 Å². The van der Waals surface area contributed by atoms with Crippen molar-refractivity contribution in [3.63, 3.8) is 0 Å². The van der Waals surface area contributed by atoms with Gasteiger partial charge >= 0.3 is 0 Å². The molecule has 3 N–H and O–H groups in total. The number of halogens is 2. The number of H-pyrrole nitrogens is 1. The van der Waals surface area contributed by atoms with Gasteiger partial charge in [0.2, 0.25) is 17.8 Å². The molecular weight excluding hydrogens is 444 g/mol. The first-order valence-electron chi connectivity index (χ1n) is 10.8. The largest absolute Gasteiger partial charge is 0.477 e. The summed E-state index contributed by atoms with van der Waals surface area (Å²) in [6.07, 6.45) is 5.88. The van der Waals surface area contributed by atoms with Crippen LogP contribution in [0.5, 0.6) is 5.88 Å². The Balaban J connectivity index is 1.28. The number of nitrogens with one attached hydrogen (secondary N) is 2. The molecule has 0 bridgehead atoms. The van der Waals surface area contributed by atoms with Gasteiger partial charge in [0.05, 0.1) is 25.0 Å². The van der Waals surface area contributed by atoms with Gasteiger partial charge < -0.3 is 15.2 Å². The highest BCUT2D eigenvalue weighted by Crippen LogP contribution is 2.40. The lowest BCUT2D eigenvalue weighted by atomic mass is 9.70. The van der Waals surface area contributed by atoms with Crippen molar-refractivity contribution in [2.24, 2.45) is 12.5 Å². The van der Waals surface area contributed by atoms with Gasteiger partial charge in [-0.3, -0.25) is 5.10 Å². The Morgan fingerprint density at radius 1 is 1.18 bits per heavy atom. The van der Waals surface area contributed by atoms with Crippen LogP contribution >= 0.6 is 0 Å². The van der Waals surface area contributed by atoms with E-state index in [2.05, 4.69) is 30.6 Å². The average molecular weight is 467 g/mol. The third-order valence-electron chi connectivity index (χ3n) is 6.14. The Bertz CT molecular complexity index is 1290. The van der Waals surface area contributed by atoms with E-state index in [-0.39, 0.29) is 23.1 Å². The van der Waals surface area contributed by atoms with Gasteiger partial charge in [0.15, 0.2) is 5.82 Å². The standard InChI is InChI=1S/C23H23F2N7O2/c1-32-22(28-15-4-5-16(18(24)9-15)17-11-27-30-20(17)25)29-21(31-32)14-3-6-19(26-10-14)34-13-23(12-33)7-2-8-23/h3-6,9-11,33H,2,7-8,12-13H2,1H3,(H,27,30)(H,28,29,31). The summed E-state index contributed by atoms with van der Waals surface area (Å²) < 4.78 is 35.5. The van der Waals surface area contributed by atoms with Crippen LogP contribution in [0.15, 0.2) is 42.7 Å². The summed E-state index contributed by atoms with van der Waals surface area (Å²) in [6.45, 7) is 0.555. The van der Waals surface area contributed by atoms with E-state index in [1.54, 1.807) is 25.4 Å². The molecule has 5 rings (SSSR count). The molecule has 1 aliphatic carbocycles. The van der Waals surface area contributed by atoms with Crippen molar-refractivity contribution in [1.29, 1.82) is 0 Å². The number of hydrogen-bond donors (Lipinski definition) is 3. The average Bonchev–Trinajstić information content (AvgIpc) is 3.39. The Labute approximate surface area is 193 Å². The normalized spacial score (nSPS) is 14.6. The summed E-state index contributed by atoms with van der Waals surface area (Å²) in [5.74, 6) is 0.0116. The molecule has 0 spiro atoms. The van der Waals surface area contributed by atoms with Crippen LogP contribution in [0.4, 0.5) is 20.4 Å². The van der Waals surface area contributed by atoms with Crippen LogP contribution in [-0.2, 0) is 7.05 Å². The van der Waals surface area contributed by atoms with Crippen LogP contribution in [0.2, 0.25) is 0 Å². The Kier molecular flexibility index (Phi) is 5.70. The van der Waals surface area contributed by atoms with E-state index in [1.165, 1.54) is 23.0 Å². The molecule has 1 aliphatic rings. The number of aromatic nitrogens is 6. The van der Waals surface area contributed by atoms with Gasteiger partial charge in [-0.2, -0.15) is 14.5 Å². The van der Waals surface area contributed by atoms with E-state index < -0.39 is 11.8 Å². The fourth-order valence-corrected chi connectivity index (χ4v) is 3.86. The van der Waals surface area contributed by atoms with Crippen molar-refractivity contribution in [1.82, 2.24) is 29.9 Å². The fraction of sp³-hybridized carbons (Fsp3) is 0.304. The first-order valence-corrected chi connectivity index (χ1v) is 10.8. The van der Waals surface area contributed by atoms with Gasteiger partial charge in [0.1, 0.15) is 5.82 Å². The number of aliphatic hydroxyl groups excluding tert-OH is 1. The molecule has 1 saturated carbocycles. The van der Waals surface area contributed by atoms with Crippen molar-refractivity contribution in [2.45, 2.75) is 19.3 Å². The highest BCUT2D eigenvalue weighted by Gasteiger charge is 2.37. The lowest BCUT2D eigenvalue weighted by molar-refractivity contribution is -0.00126. The van der Waals surface area contributed by atoms with Gasteiger partial charge in [0, 0.05) is 41.5 Å². The van der Waals surface area contributed by atoms with E-state index in [0.29, 0.717) is 35.5 Å². The molecule has 0 aliphatic heterocycles. The van der Waals surface area contributed by atoms with Crippen LogP contribution in [0.25, 0.3) is 22.5 Å². The van der Waals surface area contributed by atoms with E-state index in [1.807, 2.05) is 6.07 Å². The topological polar surface area (TPSA) is 114 Å².